The molecule has 4 nitrogen and oxygen atoms in total. The molecule has 1 amide bonds. The fourth-order valence-electron chi connectivity index (χ4n) is 2.99. The van der Waals surface area contributed by atoms with Crippen LogP contribution in [0, 0.1) is 0 Å². The Kier molecular flexibility index (Phi) is 4.05. The third-order valence-electron chi connectivity index (χ3n) is 3.95. The Morgan fingerprint density at radius 1 is 1.47 bits per heavy atom. The van der Waals surface area contributed by atoms with Crippen LogP contribution >= 0.6 is 0 Å². The van der Waals surface area contributed by atoms with Crippen LogP contribution in [0.2, 0.25) is 0 Å². The molecule has 0 aromatic rings. The Balaban J connectivity index is 2.13. The van der Waals surface area contributed by atoms with Gasteiger partial charge in [-0.1, -0.05) is 20.3 Å². The van der Waals surface area contributed by atoms with Crippen LogP contribution in [0.5, 0.6) is 0 Å². The predicted molar refractivity (Wildman–Crippen MR) is 66.6 cm³/mol. The Hall–Kier alpha value is -0.610. The normalized spacial score (nSPS) is 38.1. The molecular weight excluding hydrogens is 216 g/mol. The fourth-order valence-corrected chi connectivity index (χ4v) is 2.99. The molecule has 4 heteroatoms. The van der Waals surface area contributed by atoms with Crippen LogP contribution < -0.4 is 5.32 Å². The molecule has 98 valence electrons. The first kappa shape index (κ1) is 12.8. The number of ether oxygens (including phenoxy) is 1. The highest BCUT2D eigenvalue weighted by atomic mass is 16.5. The van der Waals surface area contributed by atoms with Gasteiger partial charge in [0.25, 0.3) is 0 Å². The second kappa shape index (κ2) is 5.36. The van der Waals surface area contributed by atoms with Crippen LogP contribution in [-0.4, -0.2) is 41.8 Å². The summed E-state index contributed by atoms with van der Waals surface area (Å²) in [6.07, 6.45) is 4.37. The third-order valence-corrected chi connectivity index (χ3v) is 3.95. The van der Waals surface area contributed by atoms with E-state index in [4.69, 9.17) is 4.74 Å². The van der Waals surface area contributed by atoms with Gasteiger partial charge in [0.15, 0.2) is 0 Å². The lowest BCUT2D eigenvalue weighted by molar-refractivity contribution is -0.133. The van der Waals surface area contributed by atoms with Crippen LogP contribution in [0.1, 0.15) is 46.5 Å². The number of nitrogens with zero attached hydrogens (tertiary/aromatic N) is 1. The lowest BCUT2D eigenvalue weighted by atomic mass is 10.1. The van der Waals surface area contributed by atoms with Crippen molar-refractivity contribution in [2.45, 2.75) is 70.8 Å². The van der Waals surface area contributed by atoms with Crippen molar-refractivity contribution in [1.29, 1.82) is 0 Å². The zero-order chi connectivity index (χ0) is 12.4. The standard InChI is InChI=1S/C13H24N2O2/c1-4-6-12-14-10(5-2)13(16)15(12)11-7-8-17-9(11)3/h9-12,14H,4-8H2,1-3H3. The number of nitrogens with one attached hydrogen (secondary N) is 1. The summed E-state index contributed by atoms with van der Waals surface area (Å²) in [6, 6.07) is 0.280. The maximum Gasteiger partial charge on any atom is 0.241 e. The van der Waals surface area contributed by atoms with E-state index in [9.17, 15) is 4.79 Å². The minimum absolute atomic E-state index is 0.0133. The summed E-state index contributed by atoms with van der Waals surface area (Å²) in [5.74, 6) is 0.272. The Bertz CT molecular complexity index is 283. The van der Waals surface area contributed by atoms with Crippen LogP contribution in [0.3, 0.4) is 0 Å². The molecule has 0 aromatic carbocycles. The second-order valence-electron chi connectivity index (χ2n) is 5.11. The summed E-state index contributed by atoms with van der Waals surface area (Å²) in [5, 5.41) is 3.46. The molecule has 1 N–H and O–H groups in total. The Morgan fingerprint density at radius 2 is 2.24 bits per heavy atom. The molecule has 2 aliphatic heterocycles. The van der Waals surface area contributed by atoms with Gasteiger partial charge in [0.05, 0.1) is 24.4 Å². The van der Waals surface area contributed by atoms with E-state index in [0.717, 1.165) is 32.3 Å². The van der Waals surface area contributed by atoms with Crippen molar-refractivity contribution in [2.75, 3.05) is 6.61 Å². The van der Waals surface area contributed by atoms with Gasteiger partial charge in [0.1, 0.15) is 0 Å². The number of hydrogen-bond donors (Lipinski definition) is 1. The zero-order valence-corrected chi connectivity index (χ0v) is 11.1. The fraction of sp³-hybridized carbons (Fsp3) is 0.923. The average Bonchev–Trinajstić information content (AvgIpc) is 2.84. The summed E-state index contributed by atoms with van der Waals surface area (Å²) < 4.78 is 5.60. The van der Waals surface area contributed by atoms with E-state index in [1.165, 1.54) is 0 Å². The molecular formula is C13H24N2O2. The number of rotatable bonds is 4. The molecule has 2 fully saturated rings. The SMILES string of the molecule is CCCC1NC(CC)C(=O)N1C1CCOC1C. The second-order valence-corrected chi connectivity index (χ2v) is 5.11. The van der Waals surface area contributed by atoms with E-state index in [1.54, 1.807) is 0 Å². The van der Waals surface area contributed by atoms with Crippen molar-refractivity contribution in [3.05, 3.63) is 0 Å². The molecule has 0 aromatic heterocycles. The lowest BCUT2D eigenvalue weighted by Gasteiger charge is -2.31. The van der Waals surface area contributed by atoms with Gasteiger partial charge in [-0.15, -0.1) is 0 Å². The van der Waals surface area contributed by atoms with Gasteiger partial charge in [-0.25, -0.2) is 0 Å². The maximum atomic E-state index is 12.4. The molecule has 2 aliphatic rings. The van der Waals surface area contributed by atoms with Crippen molar-refractivity contribution in [3.8, 4) is 0 Å². The summed E-state index contributed by atoms with van der Waals surface area (Å²) in [4.78, 5) is 14.4. The van der Waals surface area contributed by atoms with Gasteiger partial charge in [-0.2, -0.15) is 0 Å². The molecule has 0 spiro atoms. The molecule has 0 bridgehead atoms. The molecule has 0 radical (unpaired) electrons. The number of carbonyl (C=O) groups is 1. The number of carbonyl (C=O) groups excluding carboxylic acids is 1. The van der Waals surface area contributed by atoms with E-state index in [0.29, 0.717) is 0 Å². The molecule has 4 unspecified atom stereocenters. The van der Waals surface area contributed by atoms with Gasteiger partial charge in [-0.05, 0) is 26.2 Å². The predicted octanol–water partition coefficient (Wildman–Crippen LogP) is 1.50. The molecule has 2 heterocycles. The van der Waals surface area contributed by atoms with Gasteiger partial charge in [0.2, 0.25) is 5.91 Å². The summed E-state index contributed by atoms with van der Waals surface area (Å²) in [6.45, 7) is 7.09. The number of amides is 1. The minimum atomic E-state index is 0.0133. The smallest absolute Gasteiger partial charge is 0.241 e. The Labute approximate surface area is 104 Å². The average molecular weight is 240 g/mol. The van der Waals surface area contributed by atoms with E-state index >= 15 is 0 Å². The summed E-state index contributed by atoms with van der Waals surface area (Å²) in [7, 11) is 0. The molecule has 4 atom stereocenters. The van der Waals surface area contributed by atoms with Crippen LogP contribution in [-0.2, 0) is 9.53 Å². The van der Waals surface area contributed by atoms with Crippen molar-refractivity contribution >= 4 is 5.91 Å². The minimum Gasteiger partial charge on any atom is -0.376 e. The van der Waals surface area contributed by atoms with Crippen molar-refractivity contribution < 1.29 is 9.53 Å². The summed E-state index contributed by atoms with van der Waals surface area (Å²) >= 11 is 0. The Morgan fingerprint density at radius 3 is 2.76 bits per heavy atom. The van der Waals surface area contributed by atoms with E-state index in [-0.39, 0.29) is 30.3 Å². The highest BCUT2D eigenvalue weighted by Crippen LogP contribution is 2.27. The van der Waals surface area contributed by atoms with Gasteiger partial charge < -0.3 is 9.64 Å². The van der Waals surface area contributed by atoms with E-state index in [1.807, 2.05) is 0 Å². The third kappa shape index (κ3) is 2.33. The first-order valence-electron chi connectivity index (χ1n) is 6.88. The molecule has 0 aliphatic carbocycles. The zero-order valence-electron chi connectivity index (χ0n) is 11.1. The maximum absolute atomic E-state index is 12.4. The lowest BCUT2D eigenvalue weighted by Crippen LogP contribution is -2.47. The number of hydrogen-bond acceptors (Lipinski definition) is 3. The molecule has 2 rings (SSSR count). The van der Waals surface area contributed by atoms with Gasteiger partial charge in [0, 0.05) is 6.61 Å². The van der Waals surface area contributed by atoms with Crippen LogP contribution in [0.25, 0.3) is 0 Å². The summed E-state index contributed by atoms with van der Waals surface area (Å²) in [5.41, 5.74) is 0. The molecule has 0 saturated carbocycles. The van der Waals surface area contributed by atoms with Crippen molar-refractivity contribution in [2.24, 2.45) is 0 Å². The monoisotopic (exact) mass is 240 g/mol. The van der Waals surface area contributed by atoms with Crippen molar-refractivity contribution in [1.82, 2.24) is 10.2 Å². The topological polar surface area (TPSA) is 41.6 Å². The van der Waals surface area contributed by atoms with Crippen molar-refractivity contribution in [3.63, 3.8) is 0 Å². The highest BCUT2D eigenvalue weighted by molar-refractivity contribution is 5.84. The van der Waals surface area contributed by atoms with E-state index in [2.05, 4.69) is 31.0 Å². The highest BCUT2D eigenvalue weighted by Gasteiger charge is 2.44. The molecule has 2 saturated heterocycles. The quantitative estimate of drug-likeness (QED) is 0.809. The van der Waals surface area contributed by atoms with Crippen LogP contribution in [0.15, 0.2) is 0 Å². The van der Waals surface area contributed by atoms with Gasteiger partial charge in [-0.3, -0.25) is 10.1 Å². The molecule has 17 heavy (non-hydrogen) atoms. The van der Waals surface area contributed by atoms with E-state index < -0.39 is 0 Å². The van der Waals surface area contributed by atoms with Crippen LogP contribution in [0.4, 0.5) is 0 Å². The first-order valence-corrected chi connectivity index (χ1v) is 6.88. The van der Waals surface area contributed by atoms with Gasteiger partial charge >= 0.3 is 0 Å². The first-order chi connectivity index (χ1) is 8.19. The largest absolute Gasteiger partial charge is 0.376 e.